The number of esters is 1. The second kappa shape index (κ2) is 7.36. The number of benzene rings is 2. The fraction of sp³-hybridized carbons (Fsp3) is 0.176. The van der Waals surface area contributed by atoms with E-state index in [0.717, 1.165) is 5.56 Å². The molecule has 5 heteroatoms. The van der Waals surface area contributed by atoms with Crippen molar-refractivity contribution < 1.29 is 18.7 Å². The van der Waals surface area contributed by atoms with Crippen LogP contribution in [0.1, 0.15) is 23.7 Å². The van der Waals surface area contributed by atoms with E-state index in [-0.39, 0.29) is 6.42 Å². The van der Waals surface area contributed by atoms with Gasteiger partial charge in [-0.05, 0) is 24.1 Å². The smallest absolute Gasteiger partial charge is 0.307 e. The van der Waals surface area contributed by atoms with Gasteiger partial charge in [-0.1, -0.05) is 42.5 Å². The van der Waals surface area contributed by atoms with E-state index in [1.807, 2.05) is 30.3 Å². The Kier molecular flexibility index (Phi) is 5.25. The Morgan fingerprint density at radius 2 is 1.68 bits per heavy atom. The van der Waals surface area contributed by atoms with Gasteiger partial charge in [0, 0.05) is 12.0 Å². The van der Waals surface area contributed by atoms with Gasteiger partial charge < -0.3 is 10.5 Å². The second-order valence-corrected chi connectivity index (χ2v) is 4.81. The quantitative estimate of drug-likeness (QED) is 0.834. The van der Waals surface area contributed by atoms with Gasteiger partial charge in [0.2, 0.25) is 6.10 Å². The number of hydrogen-bond acceptors (Lipinski definition) is 3. The fourth-order valence-electron chi connectivity index (χ4n) is 2.01. The van der Waals surface area contributed by atoms with Crippen LogP contribution in [0.15, 0.2) is 54.6 Å². The first-order valence-electron chi connectivity index (χ1n) is 6.84. The Balaban J connectivity index is 1.97. The molecule has 2 N–H and O–H groups in total. The van der Waals surface area contributed by atoms with Crippen molar-refractivity contribution >= 4 is 11.9 Å². The molecule has 0 heterocycles. The van der Waals surface area contributed by atoms with Crippen LogP contribution >= 0.6 is 0 Å². The van der Waals surface area contributed by atoms with Gasteiger partial charge >= 0.3 is 5.97 Å². The van der Waals surface area contributed by atoms with Crippen LogP contribution in [0, 0.1) is 5.82 Å². The number of ether oxygens (including phenoxy) is 1. The maximum Gasteiger partial charge on any atom is 0.307 e. The molecule has 22 heavy (non-hydrogen) atoms. The monoisotopic (exact) mass is 301 g/mol. The van der Waals surface area contributed by atoms with Crippen molar-refractivity contribution in [3.63, 3.8) is 0 Å². The molecule has 2 aromatic rings. The van der Waals surface area contributed by atoms with Crippen molar-refractivity contribution in [2.45, 2.75) is 18.9 Å². The zero-order valence-corrected chi connectivity index (χ0v) is 11.9. The zero-order chi connectivity index (χ0) is 15.9. The number of carbonyl (C=O) groups excluding carboxylic acids is 2. The molecule has 0 aromatic heterocycles. The molecule has 0 aliphatic carbocycles. The summed E-state index contributed by atoms with van der Waals surface area (Å²) in [4.78, 5) is 23.3. The van der Waals surface area contributed by atoms with Gasteiger partial charge in [0.15, 0.2) is 0 Å². The molecule has 0 saturated heterocycles. The van der Waals surface area contributed by atoms with Crippen LogP contribution in [-0.2, 0) is 20.7 Å². The first-order chi connectivity index (χ1) is 10.6. The summed E-state index contributed by atoms with van der Waals surface area (Å²) in [7, 11) is 0. The molecule has 0 aliphatic heterocycles. The Morgan fingerprint density at radius 3 is 2.27 bits per heavy atom. The van der Waals surface area contributed by atoms with Crippen LogP contribution in [0.2, 0.25) is 0 Å². The van der Waals surface area contributed by atoms with Gasteiger partial charge in [-0.15, -0.1) is 0 Å². The van der Waals surface area contributed by atoms with Crippen LogP contribution in [0.5, 0.6) is 0 Å². The molecular formula is C17H16FNO3. The summed E-state index contributed by atoms with van der Waals surface area (Å²) in [5.74, 6) is -1.76. The molecule has 1 amide bonds. The van der Waals surface area contributed by atoms with Gasteiger partial charge in [-0.2, -0.15) is 0 Å². The summed E-state index contributed by atoms with van der Waals surface area (Å²) < 4.78 is 18.0. The lowest BCUT2D eigenvalue weighted by atomic mass is 10.1. The molecule has 2 aromatic carbocycles. The van der Waals surface area contributed by atoms with Gasteiger partial charge in [0.25, 0.3) is 5.91 Å². The lowest BCUT2D eigenvalue weighted by Gasteiger charge is -2.15. The average Bonchev–Trinajstić information content (AvgIpc) is 2.52. The predicted molar refractivity (Wildman–Crippen MR) is 79.2 cm³/mol. The SMILES string of the molecule is NC(=O)[C@@H](OC(=O)CCc1ccccc1)c1ccc(F)cc1. The van der Waals surface area contributed by atoms with Crippen LogP contribution < -0.4 is 5.73 Å². The Bertz CT molecular complexity index is 641. The maximum atomic E-state index is 12.9. The number of hydrogen-bond donors (Lipinski definition) is 1. The summed E-state index contributed by atoms with van der Waals surface area (Å²) in [6.07, 6.45) is -0.562. The Morgan fingerprint density at radius 1 is 1.05 bits per heavy atom. The molecule has 0 radical (unpaired) electrons. The number of aryl methyl sites for hydroxylation is 1. The topological polar surface area (TPSA) is 69.4 Å². The van der Waals surface area contributed by atoms with Crippen molar-refractivity contribution in [1.82, 2.24) is 0 Å². The average molecular weight is 301 g/mol. The van der Waals surface area contributed by atoms with E-state index in [4.69, 9.17) is 10.5 Å². The van der Waals surface area contributed by atoms with E-state index >= 15 is 0 Å². The van der Waals surface area contributed by atoms with Crippen LogP contribution in [0.25, 0.3) is 0 Å². The number of amides is 1. The van der Waals surface area contributed by atoms with Crippen molar-refractivity contribution in [3.8, 4) is 0 Å². The predicted octanol–water partition coefficient (Wildman–Crippen LogP) is 2.53. The second-order valence-electron chi connectivity index (χ2n) is 4.81. The first-order valence-corrected chi connectivity index (χ1v) is 6.84. The van der Waals surface area contributed by atoms with E-state index in [0.29, 0.717) is 12.0 Å². The van der Waals surface area contributed by atoms with Gasteiger partial charge in [-0.25, -0.2) is 4.39 Å². The third-order valence-electron chi connectivity index (χ3n) is 3.14. The normalized spacial score (nSPS) is 11.7. The van der Waals surface area contributed by atoms with Crippen molar-refractivity contribution in [1.29, 1.82) is 0 Å². The molecule has 0 spiro atoms. The number of carbonyl (C=O) groups is 2. The maximum absolute atomic E-state index is 12.9. The van der Waals surface area contributed by atoms with E-state index < -0.39 is 23.8 Å². The molecule has 114 valence electrons. The highest BCUT2D eigenvalue weighted by Gasteiger charge is 2.22. The lowest BCUT2D eigenvalue weighted by molar-refractivity contribution is -0.155. The number of primary amides is 1. The van der Waals surface area contributed by atoms with E-state index in [1.165, 1.54) is 24.3 Å². The number of rotatable bonds is 6. The van der Waals surface area contributed by atoms with Gasteiger partial charge in [0.05, 0.1) is 0 Å². The van der Waals surface area contributed by atoms with E-state index in [9.17, 15) is 14.0 Å². The van der Waals surface area contributed by atoms with Crippen molar-refractivity contribution in [3.05, 3.63) is 71.5 Å². The van der Waals surface area contributed by atoms with Crippen molar-refractivity contribution in [2.24, 2.45) is 5.73 Å². The molecule has 2 rings (SSSR count). The van der Waals surface area contributed by atoms with Crippen LogP contribution in [0.3, 0.4) is 0 Å². The minimum atomic E-state index is -1.20. The molecule has 0 unspecified atom stereocenters. The summed E-state index contributed by atoms with van der Waals surface area (Å²) >= 11 is 0. The third kappa shape index (κ3) is 4.41. The summed E-state index contributed by atoms with van der Waals surface area (Å²) in [6, 6.07) is 14.6. The Labute approximate surface area is 127 Å². The first kappa shape index (κ1) is 15.7. The number of halogens is 1. The van der Waals surface area contributed by atoms with Gasteiger partial charge in [-0.3, -0.25) is 9.59 Å². The molecule has 0 aliphatic rings. The Hall–Kier alpha value is -2.69. The minimum Gasteiger partial charge on any atom is -0.447 e. The highest BCUT2D eigenvalue weighted by Crippen LogP contribution is 2.18. The molecule has 0 saturated carbocycles. The standard InChI is InChI=1S/C17H16FNO3/c18-14-9-7-13(8-10-14)16(17(19)21)22-15(20)11-6-12-4-2-1-3-5-12/h1-5,7-10,16H,6,11H2,(H2,19,21)/t16-/m0/s1. The zero-order valence-electron chi connectivity index (χ0n) is 11.9. The molecule has 1 atom stereocenters. The highest BCUT2D eigenvalue weighted by atomic mass is 19.1. The highest BCUT2D eigenvalue weighted by molar-refractivity contribution is 5.83. The minimum absolute atomic E-state index is 0.134. The largest absolute Gasteiger partial charge is 0.447 e. The molecule has 0 fully saturated rings. The molecule has 0 bridgehead atoms. The summed E-state index contributed by atoms with van der Waals surface area (Å²) in [6.45, 7) is 0. The van der Waals surface area contributed by atoms with E-state index in [1.54, 1.807) is 0 Å². The summed E-state index contributed by atoms with van der Waals surface area (Å²) in [5, 5.41) is 0. The number of nitrogens with two attached hydrogens (primary N) is 1. The van der Waals surface area contributed by atoms with Crippen LogP contribution in [-0.4, -0.2) is 11.9 Å². The summed E-state index contributed by atoms with van der Waals surface area (Å²) in [5.41, 5.74) is 6.60. The fourth-order valence-corrected chi connectivity index (χ4v) is 2.01. The van der Waals surface area contributed by atoms with E-state index in [2.05, 4.69) is 0 Å². The van der Waals surface area contributed by atoms with Crippen LogP contribution in [0.4, 0.5) is 4.39 Å². The van der Waals surface area contributed by atoms with Crippen molar-refractivity contribution in [2.75, 3.05) is 0 Å². The molecule has 4 nitrogen and oxygen atoms in total. The lowest BCUT2D eigenvalue weighted by Crippen LogP contribution is -2.26. The molecular weight excluding hydrogens is 285 g/mol. The van der Waals surface area contributed by atoms with Gasteiger partial charge in [0.1, 0.15) is 5.82 Å². The third-order valence-corrected chi connectivity index (χ3v) is 3.14.